The fourth-order valence-corrected chi connectivity index (χ4v) is 3.23. The summed E-state index contributed by atoms with van der Waals surface area (Å²) in [5, 5.41) is 3.30. The van der Waals surface area contributed by atoms with Gasteiger partial charge in [-0.2, -0.15) is 0 Å². The number of benzene rings is 2. The summed E-state index contributed by atoms with van der Waals surface area (Å²) in [6, 6.07) is 17.5. The standard InChI is InChI=1S/C24H28N4O/c1-4-15-28(16-5-2)24(29)19-9-11-21(12-10-19)26-22-13-14-25-23(27-22)20-8-6-7-18(3)17-20/h6-14,17H,4-5,15-16H2,1-3H3,(H,25,26,27). The summed E-state index contributed by atoms with van der Waals surface area (Å²) in [6.45, 7) is 7.81. The monoisotopic (exact) mass is 388 g/mol. The number of anilines is 2. The van der Waals surface area contributed by atoms with Crippen molar-refractivity contribution in [3.8, 4) is 11.4 Å². The van der Waals surface area contributed by atoms with Crippen molar-refractivity contribution < 1.29 is 4.79 Å². The van der Waals surface area contributed by atoms with Crippen LogP contribution in [0.1, 0.15) is 42.6 Å². The number of hydrogen-bond donors (Lipinski definition) is 1. The number of carbonyl (C=O) groups is 1. The summed E-state index contributed by atoms with van der Waals surface area (Å²) in [4.78, 5) is 23.6. The van der Waals surface area contributed by atoms with Crippen LogP contribution >= 0.6 is 0 Å². The van der Waals surface area contributed by atoms with Crippen LogP contribution < -0.4 is 5.32 Å². The number of aromatic nitrogens is 2. The van der Waals surface area contributed by atoms with Crippen molar-refractivity contribution in [3.63, 3.8) is 0 Å². The first-order valence-corrected chi connectivity index (χ1v) is 10.2. The zero-order valence-electron chi connectivity index (χ0n) is 17.4. The Balaban J connectivity index is 1.73. The zero-order valence-corrected chi connectivity index (χ0v) is 17.4. The van der Waals surface area contributed by atoms with Gasteiger partial charge in [0.1, 0.15) is 5.82 Å². The van der Waals surface area contributed by atoms with Crippen LogP contribution in [0.25, 0.3) is 11.4 Å². The molecule has 0 saturated carbocycles. The van der Waals surface area contributed by atoms with E-state index in [1.807, 2.05) is 47.4 Å². The Labute approximate surface area is 172 Å². The van der Waals surface area contributed by atoms with Crippen LogP contribution in [0.15, 0.2) is 60.8 Å². The van der Waals surface area contributed by atoms with Crippen molar-refractivity contribution in [1.29, 1.82) is 0 Å². The molecular formula is C24H28N4O. The first-order valence-electron chi connectivity index (χ1n) is 10.2. The van der Waals surface area contributed by atoms with E-state index in [2.05, 4.69) is 48.2 Å². The molecule has 1 N–H and O–H groups in total. The van der Waals surface area contributed by atoms with Crippen LogP contribution in [0.4, 0.5) is 11.5 Å². The topological polar surface area (TPSA) is 58.1 Å². The molecule has 2 aromatic carbocycles. The maximum Gasteiger partial charge on any atom is 0.253 e. The molecule has 3 aromatic rings. The molecule has 0 unspecified atom stereocenters. The molecule has 1 aromatic heterocycles. The van der Waals surface area contributed by atoms with Gasteiger partial charge in [-0.3, -0.25) is 4.79 Å². The minimum Gasteiger partial charge on any atom is -0.340 e. The van der Waals surface area contributed by atoms with Gasteiger partial charge in [0, 0.05) is 36.1 Å². The van der Waals surface area contributed by atoms with E-state index >= 15 is 0 Å². The molecule has 3 rings (SSSR count). The Morgan fingerprint density at radius 3 is 2.38 bits per heavy atom. The van der Waals surface area contributed by atoms with Crippen molar-refractivity contribution >= 4 is 17.4 Å². The first kappa shape index (κ1) is 20.5. The molecule has 0 atom stereocenters. The third-order valence-corrected chi connectivity index (χ3v) is 4.61. The van der Waals surface area contributed by atoms with Gasteiger partial charge in [-0.25, -0.2) is 9.97 Å². The molecular weight excluding hydrogens is 360 g/mol. The van der Waals surface area contributed by atoms with Crippen molar-refractivity contribution in [1.82, 2.24) is 14.9 Å². The zero-order chi connectivity index (χ0) is 20.6. The van der Waals surface area contributed by atoms with Gasteiger partial charge >= 0.3 is 0 Å². The molecule has 0 aliphatic heterocycles. The van der Waals surface area contributed by atoms with E-state index in [0.717, 1.165) is 37.2 Å². The molecule has 0 bridgehead atoms. The second-order valence-corrected chi connectivity index (χ2v) is 7.13. The van der Waals surface area contributed by atoms with Crippen LogP contribution in [0.2, 0.25) is 0 Å². The lowest BCUT2D eigenvalue weighted by atomic mass is 10.1. The van der Waals surface area contributed by atoms with Crippen LogP contribution in [-0.4, -0.2) is 33.9 Å². The molecule has 5 nitrogen and oxygen atoms in total. The van der Waals surface area contributed by atoms with Gasteiger partial charge in [0.15, 0.2) is 5.82 Å². The van der Waals surface area contributed by atoms with E-state index in [0.29, 0.717) is 17.2 Å². The lowest BCUT2D eigenvalue weighted by molar-refractivity contribution is 0.0755. The number of nitrogens with one attached hydrogen (secondary N) is 1. The average Bonchev–Trinajstić information content (AvgIpc) is 2.74. The number of carbonyl (C=O) groups excluding carboxylic acids is 1. The molecule has 0 saturated heterocycles. The SMILES string of the molecule is CCCN(CCC)C(=O)c1ccc(Nc2ccnc(-c3cccc(C)c3)n2)cc1. The highest BCUT2D eigenvalue weighted by atomic mass is 16.2. The molecule has 0 spiro atoms. The van der Waals surface area contributed by atoms with E-state index in [4.69, 9.17) is 0 Å². The van der Waals surface area contributed by atoms with Gasteiger partial charge in [0.2, 0.25) is 0 Å². The fraction of sp³-hybridized carbons (Fsp3) is 0.292. The van der Waals surface area contributed by atoms with Gasteiger partial charge in [0.05, 0.1) is 0 Å². The quantitative estimate of drug-likeness (QED) is 0.557. The highest BCUT2D eigenvalue weighted by molar-refractivity contribution is 5.94. The maximum atomic E-state index is 12.7. The summed E-state index contributed by atoms with van der Waals surface area (Å²) in [7, 11) is 0. The normalized spacial score (nSPS) is 10.6. The molecule has 29 heavy (non-hydrogen) atoms. The van der Waals surface area contributed by atoms with Gasteiger partial charge in [0.25, 0.3) is 5.91 Å². The summed E-state index contributed by atoms with van der Waals surface area (Å²) >= 11 is 0. The molecule has 0 fully saturated rings. The van der Waals surface area contributed by atoms with Crippen molar-refractivity contribution in [2.24, 2.45) is 0 Å². The average molecular weight is 389 g/mol. The van der Waals surface area contributed by atoms with Crippen molar-refractivity contribution in [3.05, 3.63) is 71.9 Å². The Hall–Kier alpha value is -3.21. The highest BCUT2D eigenvalue weighted by Gasteiger charge is 2.14. The number of nitrogens with zero attached hydrogens (tertiary/aromatic N) is 3. The van der Waals surface area contributed by atoms with Crippen molar-refractivity contribution in [2.75, 3.05) is 18.4 Å². The predicted octanol–water partition coefficient (Wildman–Crippen LogP) is 5.46. The molecule has 150 valence electrons. The van der Waals surface area contributed by atoms with Gasteiger partial charge in [-0.15, -0.1) is 0 Å². The number of aryl methyl sites for hydroxylation is 1. The Kier molecular flexibility index (Phi) is 6.95. The van der Waals surface area contributed by atoms with E-state index in [-0.39, 0.29) is 5.91 Å². The maximum absolute atomic E-state index is 12.7. The molecule has 1 heterocycles. The first-order chi connectivity index (χ1) is 14.1. The molecule has 0 aliphatic carbocycles. The fourth-order valence-electron chi connectivity index (χ4n) is 3.23. The lowest BCUT2D eigenvalue weighted by Gasteiger charge is -2.21. The van der Waals surface area contributed by atoms with Crippen LogP contribution in [0.5, 0.6) is 0 Å². The van der Waals surface area contributed by atoms with Gasteiger partial charge in [-0.05, 0) is 56.2 Å². The Bertz CT molecular complexity index is 947. The summed E-state index contributed by atoms with van der Waals surface area (Å²) in [5.74, 6) is 1.48. The van der Waals surface area contributed by atoms with Crippen LogP contribution in [0.3, 0.4) is 0 Å². The second-order valence-electron chi connectivity index (χ2n) is 7.13. The lowest BCUT2D eigenvalue weighted by Crippen LogP contribution is -2.32. The van der Waals surface area contributed by atoms with Gasteiger partial charge in [-0.1, -0.05) is 37.6 Å². The van der Waals surface area contributed by atoms with E-state index in [1.54, 1.807) is 6.20 Å². The third-order valence-electron chi connectivity index (χ3n) is 4.61. The van der Waals surface area contributed by atoms with E-state index in [1.165, 1.54) is 5.56 Å². The largest absolute Gasteiger partial charge is 0.340 e. The number of hydrogen-bond acceptors (Lipinski definition) is 4. The predicted molar refractivity (Wildman–Crippen MR) is 118 cm³/mol. The summed E-state index contributed by atoms with van der Waals surface area (Å²) in [6.07, 6.45) is 3.67. The van der Waals surface area contributed by atoms with Crippen LogP contribution in [0, 0.1) is 6.92 Å². The minimum absolute atomic E-state index is 0.0871. The Morgan fingerprint density at radius 2 is 1.72 bits per heavy atom. The molecule has 0 aliphatic rings. The second kappa shape index (κ2) is 9.82. The molecule has 1 amide bonds. The number of amides is 1. The highest BCUT2D eigenvalue weighted by Crippen LogP contribution is 2.20. The van der Waals surface area contributed by atoms with Crippen molar-refractivity contribution in [2.45, 2.75) is 33.6 Å². The van der Waals surface area contributed by atoms with E-state index in [9.17, 15) is 4.79 Å². The number of rotatable bonds is 8. The molecule has 5 heteroatoms. The van der Waals surface area contributed by atoms with Crippen LogP contribution in [-0.2, 0) is 0 Å². The smallest absolute Gasteiger partial charge is 0.253 e. The summed E-state index contributed by atoms with van der Waals surface area (Å²) < 4.78 is 0. The molecule has 0 radical (unpaired) electrons. The Morgan fingerprint density at radius 1 is 1.00 bits per heavy atom. The van der Waals surface area contributed by atoms with E-state index < -0.39 is 0 Å². The third kappa shape index (κ3) is 5.41. The summed E-state index contributed by atoms with van der Waals surface area (Å²) in [5.41, 5.74) is 3.75. The van der Waals surface area contributed by atoms with Gasteiger partial charge < -0.3 is 10.2 Å². The minimum atomic E-state index is 0.0871.